The van der Waals surface area contributed by atoms with E-state index in [4.69, 9.17) is 0 Å². The van der Waals surface area contributed by atoms with Gasteiger partial charge in [-0.25, -0.2) is 4.79 Å². The van der Waals surface area contributed by atoms with Gasteiger partial charge in [-0.3, -0.25) is 9.69 Å². The number of urea groups is 1. The molecule has 1 aromatic carbocycles. The van der Waals surface area contributed by atoms with Crippen molar-refractivity contribution in [3.05, 3.63) is 35.9 Å². The fourth-order valence-corrected chi connectivity index (χ4v) is 3.63. The Kier molecular flexibility index (Phi) is 5.91. The summed E-state index contributed by atoms with van der Waals surface area (Å²) in [5, 5.41) is 3.05. The second kappa shape index (κ2) is 8.34. The Morgan fingerprint density at radius 3 is 2.76 bits per heavy atom. The average Bonchev–Trinajstić information content (AvgIpc) is 2.98. The van der Waals surface area contributed by atoms with E-state index < -0.39 is 0 Å². The molecule has 6 nitrogen and oxygen atoms in total. The number of benzene rings is 1. The Morgan fingerprint density at radius 1 is 1.16 bits per heavy atom. The lowest BCUT2D eigenvalue weighted by Crippen LogP contribution is -2.47. The molecule has 2 saturated heterocycles. The van der Waals surface area contributed by atoms with Crippen LogP contribution in [0, 0.1) is 0 Å². The van der Waals surface area contributed by atoms with Gasteiger partial charge in [-0.2, -0.15) is 0 Å². The van der Waals surface area contributed by atoms with Crippen LogP contribution in [0.5, 0.6) is 0 Å². The number of likely N-dealkylation sites (tertiary alicyclic amines) is 1. The van der Waals surface area contributed by atoms with E-state index in [1.54, 1.807) is 16.8 Å². The van der Waals surface area contributed by atoms with Crippen LogP contribution in [0.2, 0.25) is 0 Å². The Bertz CT molecular complexity index is 592. The molecule has 2 aliphatic heterocycles. The minimum Gasteiger partial charge on any atom is -0.344 e. The lowest BCUT2D eigenvalue weighted by molar-refractivity contribution is -0.129. The first-order chi connectivity index (χ1) is 12.1. The molecule has 25 heavy (non-hydrogen) atoms. The van der Waals surface area contributed by atoms with Crippen LogP contribution in [0.15, 0.2) is 30.3 Å². The summed E-state index contributed by atoms with van der Waals surface area (Å²) in [6.07, 6.45) is 3.11. The maximum atomic E-state index is 12.5. The lowest BCUT2D eigenvalue weighted by atomic mass is 10.2. The normalized spacial score (nSPS) is 22.1. The summed E-state index contributed by atoms with van der Waals surface area (Å²) in [5.41, 5.74) is 1.31. The predicted octanol–water partition coefficient (Wildman–Crippen LogP) is 1.52. The minimum absolute atomic E-state index is 0.0132. The molecule has 1 N–H and O–H groups in total. The summed E-state index contributed by atoms with van der Waals surface area (Å²) in [4.78, 5) is 30.2. The van der Waals surface area contributed by atoms with Crippen LogP contribution in [0.1, 0.15) is 24.8 Å². The van der Waals surface area contributed by atoms with Crippen LogP contribution in [-0.4, -0.2) is 72.5 Å². The molecule has 0 aromatic heterocycles. The molecule has 0 saturated carbocycles. The maximum Gasteiger partial charge on any atom is 0.317 e. The highest BCUT2D eigenvalue weighted by Gasteiger charge is 2.27. The summed E-state index contributed by atoms with van der Waals surface area (Å²) in [7, 11) is 1.80. The number of likely N-dealkylation sites (N-methyl/N-ethyl adjacent to an activating group) is 1. The van der Waals surface area contributed by atoms with Crippen molar-refractivity contribution in [1.82, 2.24) is 20.0 Å². The van der Waals surface area contributed by atoms with Crippen molar-refractivity contribution in [1.29, 1.82) is 0 Å². The van der Waals surface area contributed by atoms with Crippen molar-refractivity contribution in [2.45, 2.75) is 31.8 Å². The Hall–Kier alpha value is -2.08. The molecule has 2 heterocycles. The van der Waals surface area contributed by atoms with Crippen LogP contribution in [-0.2, 0) is 11.3 Å². The maximum absolute atomic E-state index is 12.5. The van der Waals surface area contributed by atoms with Gasteiger partial charge in [0, 0.05) is 39.3 Å². The van der Waals surface area contributed by atoms with Gasteiger partial charge < -0.3 is 15.1 Å². The summed E-state index contributed by atoms with van der Waals surface area (Å²) in [6, 6.07) is 10.7. The summed E-state index contributed by atoms with van der Waals surface area (Å²) >= 11 is 0. The fourth-order valence-electron chi connectivity index (χ4n) is 3.63. The topological polar surface area (TPSA) is 55.9 Å². The van der Waals surface area contributed by atoms with E-state index in [0.29, 0.717) is 19.1 Å². The van der Waals surface area contributed by atoms with Gasteiger partial charge >= 0.3 is 6.03 Å². The number of amides is 3. The first-order valence-electron chi connectivity index (χ1n) is 9.18. The van der Waals surface area contributed by atoms with Crippen molar-refractivity contribution in [3.8, 4) is 0 Å². The van der Waals surface area contributed by atoms with Crippen LogP contribution in [0.3, 0.4) is 0 Å². The first kappa shape index (κ1) is 17.7. The van der Waals surface area contributed by atoms with Gasteiger partial charge in [-0.05, 0) is 31.4 Å². The molecule has 2 fully saturated rings. The number of nitrogens with zero attached hydrogens (tertiary/aromatic N) is 3. The SMILES string of the molecule is CN1CCCN(C(=O)NC[C@H]2CCCN2Cc2ccccc2)CC1=O. The highest BCUT2D eigenvalue weighted by atomic mass is 16.2. The third-order valence-electron chi connectivity index (χ3n) is 5.18. The van der Waals surface area contributed by atoms with Crippen molar-refractivity contribution in [2.24, 2.45) is 0 Å². The van der Waals surface area contributed by atoms with Crippen molar-refractivity contribution in [2.75, 3.05) is 39.8 Å². The van der Waals surface area contributed by atoms with Gasteiger partial charge in [0.1, 0.15) is 6.54 Å². The number of nitrogens with one attached hydrogen (secondary N) is 1. The molecule has 6 heteroatoms. The minimum atomic E-state index is -0.116. The Morgan fingerprint density at radius 2 is 1.96 bits per heavy atom. The van der Waals surface area contributed by atoms with Gasteiger partial charge in [0.15, 0.2) is 0 Å². The van der Waals surface area contributed by atoms with Crippen LogP contribution in [0.25, 0.3) is 0 Å². The summed E-state index contributed by atoms with van der Waals surface area (Å²) in [6.45, 7) is 4.18. The molecule has 0 unspecified atom stereocenters. The number of rotatable bonds is 4. The highest BCUT2D eigenvalue weighted by molar-refractivity contribution is 5.84. The van der Waals surface area contributed by atoms with Crippen LogP contribution in [0.4, 0.5) is 4.79 Å². The molecule has 136 valence electrons. The van der Waals surface area contributed by atoms with Crippen molar-refractivity contribution < 1.29 is 9.59 Å². The van der Waals surface area contributed by atoms with Gasteiger partial charge in [-0.15, -0.1) is 0 Å². The Labute approximate surface area is 149 Å². The molecule has 3 amide bonds. The van der Waals surface area contributed by atoms with E-state index in [2.05, 4.69) is 34.5 Å². The van der Waals surface area contributed by atoms with E-state index >= 15 is 0 Å². The first-order valence-corrected chi connectivity index (χ1v) is 9.18. The number of hydrogen-bond acceptors (Lipinski definition) is 3. The van der Waals surface area contributed by atoms with E-state index in [-0.39, 0.29) is 18.5 Å². The lowest BCUT2D eigenvalue weighted by Gasteiger charge is -2.26. The van der Waals surface area contributed by atoms with Gasteiger partial charge in [0.2, 0.25) is 5.91 Å². The largest absolute Gasteiger partial charge is 0.344 e. The fraction of sp³-hybridized carbons (Fsp3) is 0.579. The molecular weight excluding hydrogens is 316 g/mol. The zero-order valence-corrected chi connectivity index (χ0v) is 15.0. The zero-order chi connectivity index (χ0) is 17.6. The van der Waals surface area contributed by atoms with E-state index in [1.807, 2.05) is 6.07 Å². The van der Waals surface area contributed by atoms with E-state index in [0.717, 1.165) is 32.5 Å². The molecular formula is C19H28N4O2. The Balaban J connectivity index is 1.50. The molecule has 1 atom stereocenters. The molecule has 0 radical (unpaired) electrons. The quantitative estimate of drug-likeness (QED) is 0.901. The molecule has 0 aliphatic carbocycles. The van der Waals surface area contributed by atoms with Gasteiger partial charge in [-0.1, -0.05) is 30.3 Å². The number of carbonyl (C=O) groups excluding carboxylic acids is 2. The molecule has 2 aliphatic rings. The highest BCUT2D eigenvalue weighted by Crippen LogP contribution is 2.19. The number of hydrogen-bond donors (Lipinski definition) is 1. The summed E-state index contributed by atoms with van der Waals surface area (Å²) in [5.74, 6) is 0.0132. The smallest absolute Gasteiger partial charge is 0.317 e. The third-order valence-corrected chi connectivity index (χ3v) is 5.18. The number of carbonyl (C=O) groups is 2. The van der Waals surface area contributed by atoms with Crippen molar-refractivity contribution in [3.63, 3.8) is 0 Å². The van der Waals surface area contributed by atoms with Gasteiger partial charge in [0.25, 0.3) is 0 Å². The molecule has 0 spiro atoms. The third kappa shape index (κ3) is 4.72. The summed E-state index contributed by atoms with van der Waals surface area (Å²) < 4.78 is 0. The second-order valence-electron chi connectivity index (χ2n) is 7.03. The zero-order valence-electron chi connectivity index (χ0n) is 15.0. The van der Waals surface area contributed by atoms with E-state index in [9.17, 15) is 9.59 Å². The molecule has 3 rings (SSSR count). The standard InChI is InChI=1S/C19H28N4O2/c1-21-10-6-12-23(15-18(21)24)19(25)20-13-17-9-5-11-22(17)14-16-7-3-2-4-8-16/h2-4,7-8,17H,5-6,9-15H2,1H3,(H,20,25)/t17-/m1/s1. The van der Waals surface area contributed by atoms with Gasteiger partial charge in [0.05, 0.1) is 0 Å². The predicted molar refractivity (Wildman–Crippen MR) is 97.1 cm³/mol. The second-order valence-corrected chi connectivity index (χ2v) is 7.03. The average molecular weight is 344 g/mol. The van der Waals surface area contributed by atoms with E-state index in [1.165, 1.54) is 12.0 Å². The molecule has 0 bridgehead atoms. The van der Waals surface area contributed by atoms with Crippen molar-refractivity contribution >= 4 is 11.9 Å². The monoisotopic (exact) mass is 344 g/mol. The van der Waals surface area contributed by atoms with Crippen LogP contribution < -0.4 is 5.32 Å². The van der Waals surface area contributed by atoms with Crippen LogP contribution >= 0.6 is 0 Å². The molecule has 1 aromatic rings.